The van der Waals surface area contributed by atoms with Gasteiger partial charge in [-0.1, -0.05) is 12.1 Å². The van der Waals surface area contributed by atoms with E-state index >= 15 is 0 Å². The van der Waals surface area contributed by atoms with Crippen LogP contribution in [0.3, 0.4) is 0 Å². The molecule has 0 aromatic carbocycles. The zero-order valence-electron chi connectivity index (χ0n) is 11.0. The fourth-order valence-corrected chi connectivity index (χ4v) is 3.70. The van der Waals surface area contributed by atoms with Crippen molar-refractivity contribution >= 4 is 5.82 Å². The molecule has 2 aliphatic rings. The topological polar surface area (TPSA) is 90.0 Å². The Morgan fingerprint density at radius 1 is 1.47 bits per heavy atom. The molecule has 19 heavy (non-hydrogen) atoms. The van der Waals surface area contributed by atoms with Crippen LogP contribution in [0.4, 0.5) is 5.82 Å². The van der Waals surface area contributed by atoms with Gasteiger partial charge in [0.25, 0.3) is 0 Å². The molecule has 2 atom stereocenters. The van der Waals surface area contributed by atoms with Gasteiger partial charge in [0.15, 0.2) is 11.6 Å². The number of hydrogen-bond donors (Lipinski definition) is 2. The Bertz CT molecular complexity index is 660. The number of fused-ring (bicyclic) bond motifs is 5. The average Bonchev–Trinajstić information content (AvgIpc) is 3.09. The van der Waals surface area contributed by atoms with Gasteiger partial charge in [-0.2, -0.15) is 5.10 Å². The Balaban J connectivity index is 2.09. The summed E-state index contributed by atoms with van der Waals surface area (Å²) in [5.41, 5.74) is 9.96. The number of aromatic nitrogens is 3. The molecule has 1 fully saturated rings. The molecule has 2 aromatic rings. The number of nitrogen functional groups attached to an aromatic ring is 1. The third-order valence-electron chi connectivity index (χ3n) is 4.58. The van der Waals surface area contributed by atoms with Crippen LogP contribution in [-0.4, -0.2) is 28.1 Å². The standard InChI is InChI=1S/C13H16N4O2/c1-3-7-8-10(16-15-7)11-9(12(14)17-19-11)13(8)4-5-18-6(13)2/h6H,3-5H2,1-2H3,(H2,14,17)(H,15,16)/t6-,13+/m1/s1. The summed E-state index contributed by atoms with van der Waals surface area (Å²) in [5.74, 6) is 1.17. The number of nitrogens with two attached hydrogens (primary N) is 1. The van der Waals surface area contributed by atoms with Crippen molar-refractivity contribution in [1.29, 1.82) is 0 Å². The number of aromatic amines is 1. The van der Waals surface area contributed by atoms with Crippen molar-refractivity contribution in [2.24, 2.45) is 0 Å². The lowest BCUT2D eigenvalue weighted by atomic mass is 9.73. The van der Waals surface area contributed by atoms with E-state index in [0.29, 0.717) is 11.6 Å². The summed E-state index contributed by atoms with van der Waals surface area (Å²) >= 11 is 0. The van der Waals surface area contributed by atoms with Gasteiger partial charge >= 0.3 is 0 Å². The Hall–Kier alpha value is -1.82. The second kappa shape index (κ2) is 3.39. The van der Waals surface area contributed by atoms with Crippen LogP contribution in [0, 0.1) is 0 Å². The highest BCUT2D eigenvalue weighted by atomic mass is 16.5. The van der Waals surface area contributed by atoms with Gasteiger partial charge in [-0.15, -0.1) is 0 Å². The lowest BCUT2D eigenvalue weighted by Crippen LogP contribution is -2.34. The first-order valence-electron chi connectivity index (χ1n) is 6.65. The Morgan fingerprint density at radius 2 is 2.32 bits per heavy atom. The van der Waals surface area contributed by atoms with Gasteiger partial charge in [0, 0.05) is 17.9 Å². The Labute approximate surface area is 110 Å². The maximum atomic E-state index is 6.04. The van der Waals surface area contributed by atoms with E-state index in [2.05, 4.69) is 29.2 Å². The fourth-order valence-electron chi connectivity index (χ4n) is 3.70. The Morgan fingerprint density at radius 3 is 3.00 bits per heavy atom. The zero-order valence-corrected chi connectivity index (χ0v) is 11.0. The van der Waals surface area contributed by atoms with E-state index in [-0.39, 0.29) is 11.5 Å². The third kappa shape index (κ3) is 1.07. The van der Waals surface area contributed by atoms with Crippen LogP contribution in [0.25, 0.3) is 11.5 Å². The molecule has 0 unspecified atom stereocenters. The van der Waals surface area contributed by atoms with Crippen molar-refractivity contribution in [1.82, 2.24) is 15.4 Å². The normalized spacial score (nSPS) is 28.0. The number of anilines is 1. The first-order chi connectivity index (χ1) is 9.20. The van der Waals surface area contributed by atoms with Crippen molar-refractivity contribution in [3.05, 3.63) is 16.8 Å². The van der Waals surface area contributed by atoms with Gasteiger partial charge in [-0.05, 0) is 19.8 Å². The van der Waals surface area contributed by atoms with Crippen LogP contribution >= 0.6 is 0 Å². The highest BCUT2D eigenvalue weighted by molar-refractivity contribution is 5.80. The molecule has 1 aliphatic carbocycles. The molecule has 1 saturated heterocycles. The minimum atomic E-state index is -0.243. The van der Waals surface area contributed by atoms with Gasteiger partial charge < -0.3 is 15.0 Å². The summed E-state index contributed by atoms with van der Waals surface area (Å²) in [7, 11) is 0. The molecule has 1 spiro atoms. The van der Waals surface area contributed by atoms with Gasteiger partial charge in [-0.25, -0.2) is 0 Å². The summed E-state index contributed by atoms with van der Waals surface area (Å²) in [4.78, 5) is 0. The predicted molar refractivity (Wildman–Crippen MR) is 68.7 cm³/mol. The molecule has 4 rings (SSSR count). The van der Waals surface area contributed by atoms with Crippen LogP contribution in [0.1, 0.15) is 37.1 Å². The van der Waals surface area contributed by atoms with E-state index in [0.717, 1.165) is 36.4 Å². The molecule has 6 heteroatoms. The maximum Gasteiger partial charge on any atom is 0.193 e. The smallest absolute Gasteiger partial charge is 0.193 e. The molecule has 2 aromatic heterocycles. The highest BCUT2D eigenvalue weighted by Crippen LogP contribution is 2.57. The molecule has 0 bridgehead atoms. The summed E-state index contributed by atoms with van der Waals surface area (Å²) < 4.78 is 11.2. The zero-order chi connectivity index (χ0) is 13.2. The van der Waals surface area contributed by atoms with Crippen LogP contribution in [-0.2, 0) is 16.6 Å². The SMILES string of the molecule is CCc1[nH]nc2c1[C@@]1(CCO[C@@H]1C)c1c(N)noc1-2. The molecule has 0 amide bonds. The first kappa shape index (κ1) is 11.0. The predicted octanol–water partition coefficient (Wildman–Crippen LogP) is 1.62. The number of ether oxygens (including phenoxy) is 1. The van der Waals surface area contributed by atoms with Gasteiger partial charge in [-0.3, -0.25) is 5.10 Å². The molecular weight excluding hydrogens is 244 g/mol. The average molecular weight is 260 g/mol. The Kier molecular flexibility index (Phi) is 1.97. The van der Waals surface area contributed by atoms with Crippen LogP contribution in [0.5, 0.6) is 0 Å². The number of nitrogens with one attached hydrogen (secondary N) is 1. The van der Waals surface area contributed by atoms with E-state index in [1.165, 1.54) is 5.56 Å². The van der Waals surface area contributed by atoms with Crippen LogP contribution in [0.15, 0.2) is 4.52 Å². The van der Waals surface area contributed by atoms with Crippen molar-refractivity contribution in [3.63, 3.8) is 0 Å². The molecule has 0 saturated carbocycles. The number of nitrogens with zero attached hydrogens (tertiary/aromatic N) is 2. The van der Waals surface area contributed by atoms with Crippen molar-refractivity contribution in [2.45, 2.75) is 38.2 Å². The second-order valence-electron chi connectivity index (χ2n) is 5.29. The summed E-state index contributed by atoms with van der Waals surface area (Å²) in [5, 5.41) is 11.4. The maximum absolute atomic E-state index is 6.04. The van der Waals surface area contributed by atoms with E-state index in [1.807, 2.05) is 0 Å². The minimum Gasteiger partial charge on any atom is -0.381 e. The lowest BCUT2D eigenvalue weighted by Gasteiger charge is -2.28. The van der Waals surface area contributed by atoms with Gasteiger partial charge in [0.1, 0.15) is 5.69 Å². The van der Waals surface area contributed by atoms with Crippen LogP contribution in [0.2, 0.25) is 0 Å². The van der Waals surface area contributed by atoms with Crippen LogP contribution < -0.4 is 5.73 Å². The molecule has 1 aliphatic heterocycles. The number of hydrogen-bond acceptors (Lipinski definition) is 5. The molecular formula is C13H16N4O2. The first-order valence-corrected chi connectivity index (χ1v) is 6.65. The van der Waals surface area contributed by atoms with Crippen molar-refractivity contribution in [2.75, 3.05) is 12.3 Å². The second-order valence-corrected chi connectivity index (χ2v) is 5.29. The van der Waals surface area contributed by atoms with E-state index < -0.39 is 0 Å². The van der Waals surface area contributed by atoms with Gasteiger partial charge in [0.2, 0.25) is 0 Å². The third-order valence-corrected chi connectivity index (χ3v) is 4.58. The molecule has 6 nitrogen and oxygen atoms in total. The number of H-pyrrole nitrogens is 1. The van der Waals surface area contributed by atoms with E-state index in [9.17, 15) is 0 Å². The molecule has 0 radical (unpaired) electrons. The minimum absolute atomic E-state index is 0.0529. The van der Waals surface area contributed by atoms with Gasteiger partial charge in [0.05, 0.1) is 17.1 Å². The van der Waals surface area contributed by atoms with Crippen molar-refractivity contribution in [3.8, 4) is 11.5 Å². The molecule has 100 valence electrons. The summed E-state index contributed by atoms with van der Waals surface area (Å²) in [6.45, 7) is 4.92. The number of aryl methyl sites for hydroxylation is 1. The molecule has 3 N–H and O–H groups in total. The quantitative estimate of drug-likeness (QED) is 0.813. The lowest BCUT2D eigenvalue weighted by molar-refractivity contribution is 0.104. The molecule has 3 heterocycles. The monoisotopic (exact) mass is 260 g/mol. The highest BCUT2D eigenvalue weighted by Gasteiger charge is 2.56. The van der Waals surface area contributed by atoms with E-state index in [4.69, 9.17) is 15.0 Å². The summed E-state index contributed by atoms with van der Waals surface area (Å²) in [6.07, 6.45) is 1.85. The fraction of sp³-hybridized carbons (Fsp3) is 0.538. The van der Waals surface area contributed by atoms with E-state index in [1.54, 1.807) is 0 Å². The van der Waals surface area contributed by atoms with Crippen molar-refractivity contribution < 1.29 is 9.26 Å². The summed E-state index contributed by atoms with van der Waals surface area (Å²) in [6, 6.07) is 0. The largest absolute Gasteiger partial charge is 0.381 e. The number of rotatable bonds is 1.